The molecule has 0 spiro atoms. The SMILES string of the molecule is CCc1nc(CNCCC2CCOC2)cs1. The van der Waals surface area contributed by atoms with Gasteiger partial charge in [-0.15, -0.1) is 11.3 Å². The molecule has 16 heavy (non-hydrogen) atoms. The molecule has 1 unspecified atom stereocenters. The van der Waals surface area contributed by atoms with E-state index in [2.05, 4.69) is 22.6 Å². The van der Waals surface area contributed by atoms with E-state index in [9.17, 15) is 0 Å². The highest BCUT2D eigenvalue weighted by Crippen LogP contribution is 2.15. The number of nitrogens with zero attached hydrogens (tertiary/aromatic N) is 1. The van der Waals surface area contributed by atoms with Crippen molar-refractivity contribution in [2.45, 2.75) is 32.7 Å². The molecule has 2 heterocycles. The van der Waals surface area contributed by atoms with Crippen molar-refractivity contribution in [1.82, 2.24) is 10.3 Å². The Balaban J connectivity index is 1.60. The van der Waals surface area contributed by atoms with E-state index in [4.69, 9.17) is 4.74 Å². The quantitative estimate of drug-likeness (QED) is 0.774. The maximum Gasteiger partial charge on any atom is 0.0926 e. The van der Waals surface area contributed by atoms with Crippen LogP contribution >= 0.6 is 11.3 Å². The average molecular weight is 240 g/mol. The molecule has 0 radical (unpaired) electrons. The van der Waals surface area contributed by atoms with Crippen LogP contribution in [-0.4, -0.2) is 24.7 Å². The molecule has 1 fully saturated rings. The molecule has 1 N–H and O–H groups in total. The summed E-state index contributed by atoms with van der Waals surface area (Å²) in [5, 5.41) is 6.85. The number of hydrogen-bond donors (Lipinski definition) is 1. The van der Waals surface area contributed by atoms with Crippen molar-refractivity contribution in [2.24, 2.45) is 5.92 Å². The van der Waals surface area contributed by atoms with Crippen molar-refractivity contribution in [2.75, 3.05) is 19.8 Å². The Labute approximate surface area is 101 Å². The summed E-state index contributed by atoms with van der Waals surface area (Å²) < 4.78 is 5.35. The first-order chi connectivity index (χ1) is 7.88. The third-order valence-electron chi connectivity index (χ3n) is 2.96. The van der Waals surface area contributed by atoms with Crippen LogP contribution in [0.3, 0.4) is 0 Å². The Hall–Kier alpha value is -0.450. The largest absolute Gasteiger partial charge is 0.381 e. The molecule has 1 aliphatic heterocycles. The van der Waals surface area contributed by atoms with Gasteiger partial charge in [-0.25, -0.2) is 4.98 Å². The highest BCUT2D eigenvalue weighted by Gasteiger charge is 2.14. The zero-order chi connectivity index (χ0) is 11.2. The van der Waals surface area contributed by atoms with Gasteiger partial charge in [-0.1, -0.05) is 6.92 Å². The summed E-state index contributed by atoms with van der Waals surface area (Å²) in [5.41, 5.74) is 1.18. The minimum Gasteiger partial charge on any atom is -0.381 e. The van der Waals surface area contributed by atoms with E-state index in [0.29, 0.717) is 0 Å². The summed E-state index contributed by atoms with van der Waals surface area (Å²) >= 11 is 1.76. The maximum absolute atomic E-state index is 5.35. The topological polar surface area (TPSA) is 34.2 Å². The second-order valence-electron chi connectivity index (χ2n) is 4.28. The molecule has 0 saturated carbocycles. The molecule has 0 aromatic carbocycles. The fourth-order valence-corrected chi connectivity index (χ4v) is 2.67. The molecule has 1 aromatic heterocycles. The number of thiazole rings is 1. The van der Waals surface area contributed by atoms with Crippen molar-refractivity contribution >= 4 is 11.3 Å². The van der Waals surface area contributed by atoms with Crippen LogP contribution in [0.2, 0.25) is 0 Å². The summed E-state index contributed by atoms with van der Waals surface area (Å²) in [7, 11) is 0. The smallest absolute Gasteiger partial charge is 0.0926 e. The van der Waals surface area contributed by atoms with Crippen molar-refractivity contribution in [3.63, 3.8) is 0 Å². The summed E-state index contributed by atoms with van der Waals surface area (Å²) in [6, 6.07) is 0. The van der Waals surface area contributed by atoms with Gasteiger partial charge in [0.2, 0.25) is 0 Å². The standard InChI is InChI=1S/C12H20N2OS/c1-2-12-14-11(9-16-12)7-13-5-3-10-4-6-15-8-10/h9-10,13H,2-8H2,1H3. The fourth-order valence-electron chi connectivity index (χ4n) is 1.93. The van der Waals surface area contributed by atoms with Crippen molar-refractivity contribution in [3.8, 4) is 0 Å². The third kappa shape index (κ3) is 3.54. The summed E-state index contributed by atoms with van der Waals surface area (Å²) in [4.78, 5) is 4.53. The van der Waals surface area contributed by atoms with E-state index in [1.807, 2.05) is 0 Å². The lowest BCUT2D eigenvalue weighted by Gasteiger charge is -2.07. The second kappa shape index (κ2) is 6.33. The average Bonchev–Trinajstić information content (AvgIpc) is 2.95. The molecular weight excluding hydrogens is 220 g/mol. The number of rotatable bonds is 6. The van der Waals surface area contributed by atoms with E-state index in [0.717, 1.165) is 38.6 Å². The number of ether oxygens (including phenoxy) is 1. The highest BCUT2D eigenvalue weighted by molar-refractivity contribution is 7.09. The monoisotopic (exact) mass is 240 g/mol. The minimum absolute atomic E-state index is 0.772. The normalized spacial score (nSPS) is 20.4. The van der Waals surface area contributed by atoms with Gasteiger partial charge in [-0.05, 0) is 31.7 Å². The molecule has 1 saturated heterocycles. The molecule has 1 atom stereocenters. The van der Waals surface area contributed by atoms with Crippen LogP contribution in [0.15, 0.2) is 5.38 Å². The van der Waals surface area contributed by atoms with Crippen LogP contribution in [0.4, 0.5) is 0 Å². The zero-order valence-electron chi connectivity index (χ0n) is 9.87. The molecule has 3 nitrogen and oxygen atoms in total. The number of aromatic nitrogens is 1. The molecule has 4 heteroatoms. The zero-order valence-corrected chi connectivity index (χ0v) is 10.7. The first kappa shape index (κ1) is 12.0. The van der Waals surface area contributed by atoms with Gasteiger partial charge < -0.3 is 10.1 Å². The Morgan fingerprint density at radius 1 is 1.62 bits per heavy atom. The van der Waals surface area contributed by atoms with E-state index < -0.39 is 0 Å². The van der Waals surface area contributed by atoms with E-state index in [1.54, 1.807) is 11.3 Å². The Morgan fingerprint density at radius 3 is 3.25 bits per heavy atom. The minimum atomic E-state index is 0.772. The third-order valence-corrected chi connectivity index (χ3v) is 4.00. The predicted octanol–water partition coefficient (Wildman–Crippen LogP) is 2.22. The second-order valence-corrected chi connectivity index (χ2v) is 5.22. The van der Waals surface area contributed by atoms with Crippen LogP contribution in [0.1, 0.15) is 30.5 Å². The number of aryl methyl sites for hydroxylation is 1. The lowest BCUT2D eigenvalue weighted by molar-refractivity contribution is 0.184. The fraction of sp³-hybridized carbons (Fsp3) is 0.750. The van der Waals surface area contributed by atoms with E-state index in [-0.39, 0.29) is 0 Å². The molecule has 1 aromatic rings. The van der Waals surface area contributed by atoms with Gasteiger partial charge in [0.25, 0.3) is 0 Å². The van der Waals surface area contributed by atoms with Crippen LogP contribution in [0.25, 0.3) is 0 Å². The van der Waals surface area contributed by atoms with Crippen LogP contribution < -0.4 is 5.32 Å². The molecule has 0 aliphatic carbocycles. The van der Waals surface area contributed by atoms with Crippen LogP contribution in [-0.2, 0) is 17.7 Å². The molecule has 0 amide bonds. The van der Waals surface area contributed by atoms with E-state index >= 15 is 0 Å². The van der Waals surface area contributed by atoms with Gasteiger partial charge in [-0.3, -0.25) is 0 Å². The Bertz CT molecular complexity index is 308. The molecule has 90 valence electrons. The van der Waals surface area contributed by atoms with Gasteiger partial charge in [0, 0.05) is 25.1 Å². The predicted molar refractivity (Wildman–Crippen MR) is 66.7 cm³/mol. The lowest BCUT2D eigenvalue weighted by atomic mass is 10.1. The van der Waals surface area contributed by atoms with E-state index in [1.165, 1.54) is 23.5 Å². The number of hydrogen-bond acceptors (Lipinski definition) is 4. The molecular formula is C12H20N2OS. The highest BCUT2D eigenvalue weighted by atomic mass is 32.1. The molecule has 2 rings (SSSR count). The van der Waals surface area contributed by atoms with Crippen molar-refractivity contribution < 1.29 is 4.74 Å². The van der Waals surface area contributed by atoms with Gasteiger partial charge >= 0.3 is 0 Å². The Kier molecular flexibility index (Phi) is 4.75. The summed E-state index contributed by atoms with van der Waals surface area (Å²) in [5.74, 6) is 0.772. The molecule has 1 aliphatic rings. The summed E-state index contributed by atoms with van der Waals surface area (Å²) in [6.07, 6.45) is 3.51. The maximum atomic E-state index is 5.35. The van der Waals surface area contributed by atoms with Crippen molar-refractivity contribution in [1.29, 1.82) is 0 Å². The van der Waals surface area contributed by atoms with Crippen molar-refractivity contribution in [3.05, 3.63) is 16.1 Å². The van der Waals surface area contributed by atoms with Gasteiger partial charge in [0.1, 0.15) is 0 Å². The Morgan fingerprint density at radius 2 is 2.56 bits per heavy atom. The van der Waals surface area contributed by atoms with Crippen LogP contribution in [0, 0.1) is 5.92 Å². The number of nitrogens with one attached hydrogen (secondary N) is 1. The summed E-state index contributed by atoms with van der Waals surface area (Å²) in [6.45, 7) is 6.04. The van der Waals surface area contributed by atoms with Gasteiger partial charge in [-0.2, -0.15) is 0 Å². The first-order valence-corrected chi connectivity index (χ1v) is 6.98. The molecule has 0 bridgehead atoms. The lowest BCUT2D eigenvalue weighted by Crippen LogP contribution is -2.18. The van der Waals surface area contributed by atoms with Crippen LogP contribution in [0.5, 0.6) is 0 Å². The first-order valence-electron chi connectivity index (χ1n) is 6.10. The van der Waals surface area contributed by atoms with Gasteiger partial charge in [0.05, 0.1) is 10.7 Å². The van der Waals surface area contributed by atoms with Gasteiger partial charge in [0.15, 0.2) is 0 Å².